The number of halogens is 2. The largest absolute Gasteiger partial charge is 0.484 e. The molecule has 0 bridgehead atoms. The summed E-state index contributed by atoms with van der Waals surface area (Å²) in [6.45, 7) is 0.0892. The van der Waals surface area contributed by atoms with E-state index in [9.17, 15) is 8.78 Å². The lowest BCUT2D eigenvalue weighted by molar-refractivity contribution is 0.286. The Hall–Kier alpha value is -2.41. The van der Waals surface area contributed by atoms with Crippen LogP contribution in [0.4, 0.5) is 8.78 Å². The van der Waals surface area contributed by atoms with E-state index in [1.165, 1.54) is 17.4 Å². The van der Waals surface area contributed by atoms with E-state index in [0.717, 1.165) is 12.1 Å². The van der Waals surface area contributed by atoms with Crippen molar-refractivity contribution in [2.24, 2.45) is 0 Å². The van der Waals surface area contributed by atoms with E-state index in [1.54, 1.807) is 23.8 Å². The first-order chi connectivity index (χ1) is 10.2. The summed E-state index contributed by atoms with van der Waals surface area (Å²) in [6.07, 6.45) is 3.27. The van der Waals surface area contributed by atoms with Gasteiger partial charge in [-0.1, -0.05) is 0 Å². The summed E-state index contributed by atoms with van der Waals surface area (Å²) in [7, 11) is 0. The molecule has 0 saturated carbocycles. The lowest BCUT2D eigenvalue weighted by Crippen LogP contribution is -1.98. The van der Waals surface area contributed by atoms with Gasteiger partial charge in [-0.3, -0.25) is 0 Å². The molecule has 106 valence electrons. The van der Waals surface area contributed by atoms with Crippen molar-refractivity contribution in [3.8, 4) is 16.6 Å². The molecule has 0 aliphatic heterocycles. The molecule has 21 heavy (non-hydrogen) atoms. The zero-order valence-electron chi connectivity index (χ0n) is 10.7. The predicted molar refractivity (Wildman–Crippen MR) is 73.8 cm³/mol. The van der Waals surface area contributed by atoms with Gasteiger partial charge in [0.05, 0.1) is 5.69 Å². The molecule has 0 aliphatic carbocycles. The van der Waals surface area contributed by atoms with Gasteiger partial charge in [-0.15, -0.1) is 11.3 Å². The average molecular weight is 305 g/mol. The van der Waals surface area contributed by atoms with Gasteiger partial charge in [0, 0.05) is 23.8 Å². The molecule has 2 aromatic heterocycles. The molecule has 0 saturated heterocycles. The van der Waals surface area contributed by atoms with Crippen molar-refractivity contribution in [2.45, 2.75) is 6.61 Å². The average Bonchev–Trinajstić information content (AvgIpc) is 2.96. The molecule has 0 spiro atoms. The summed E-state index contributed by atoms with van der Waals surface area (Å²) in [5.74, 6) is -0.863. The highest BCUT2D eigenvalue weighted by atomic mass is 32.1. The molecule has 0 fully saturated rings. The third-order valence-corrected chi connectivity index (χ3v) is 3.47. The molecule has 0 atom stereocenters. The fourth-order valence-electron chi connectivity index (χ4n) is 1.63. The van der Waals surface area contributed by atoms with E-state index in [2.05, 4.69) is 15.0 Å². The van der Waals surface area contributed by atoms with Crippen molar-refractivity contribution in [1.29, 1.82) is 0 Å². The fourth-order valence-corrected chi connectivity index (χ4v) is 2.38. The van der Waals surface area contributed by atoms with Crippen LogP contribution in [0.2, 0.25) is 0 Å². The Balaban J connectivity index is 1.70. The number of benzene rings is 1. The minimum atomic E-state index is -0.739. The normalized spacial score (nSPS) is 10.6. The second-order valence-corrected chi connectivity index (χ2v) is 4.94. The Labute approximate surface area is 123 Å². The van der Waals surface area contributed by atoms with Crippen molar-refractivity contribution in [3.63, 3.8) is 0 Å². The van der Waals surface area contributed by atoms with E-state index in [0.29, 0.717) is 16.5 Å². The zero-order chi connectivity index (χ0) is 14.7. The van der Waals surface area contributed by atoms with Crippen molar-refractivity contribution >= 4 is 11.3 Å². The van der Waals surface area contributed by atoms with Gasteiger partial charge < -0.3 is 4.74 Å². The molecule has 0 unspecified atom stereocenters. The second-order valence-electron chi connectivity index (χ2n) is 4.08. The predicted octanol–water partition coefficient (Wildman–Crippen LogP) is 3.46. The summed E-state index contributed by atoms with van der Waals surface area (Å²) in [5, 5.41) is 2.45. The van der Waals surface area contributed by atoms with Crippen LogP contribution in [0.1, 0.15) is 5.69 Å². The van der Waals surface area contributed by atoms with E-state index in [4.69, 9.17) is 4.74 Å². The molecule has 2 heterocycles. The molecular formula is C14H9F2N3OS. The summed E-state index contributed by atoms with van der Waals surface area (Å²) in [4.78, 5) is 12.5. The van der Waals surface area contributed by atoms with Crippen molar-refractivity contribution < 1.29 is 13.5 Å². The number of rotatable bonds is 4. The Bertz CT molecular complexity index is 749. The molecule has 3 rings (SSSR count). The summed E-state index contributed by atoms with van der Waals surface area (Å²) >= 11 is 1.37. The second kappa shape index (κ2) is 5.92. The molecule has 7 heteroatoms. The minimum absolute atomic E-state index is 0.0121. The third kappa shape index (κ3) is 3.19. The topological polar surface area (TPSA) is 47.9 Å². The number of ether oxygens (including phenoxy) is 1. The fraction of sp³-hybridized carbons (Fsp3) is 0.0714. The highest BCUT2D eigenvalue weighted by Gasteiger charge is 2.09. The first-order valence-electron chi connectivity index (χ1n) is 6.02. The van der Waals surface area contributed by atoms with Crippen LogP contribution in [-0.2, 0) is 6.61 Å². The number of thiazole rings is 1. The zero-order valence-corrected chi connectivity index (χ0v) is 11.5. The number of hydrogen-bond acceptors (Lipinski definition) is 5. The SMILES string of the molecule is Fc1ccc(OCc2csc(-c3ncccn3)n2)c(F)c1. The van der Waals surface area contributed by atoms with Crippen LogP contribution in [-0.4, -0.2) is 15.0 Å². The molecule has 4 nitrogen and oxygen atoms in total. The Morgan fingerprint density at radius 2 is 1.95 bits per heavy atom. The molecule has 0 N–H and O–H groups in total. The van der Waals surface area contributed by atoms with Crippen LogP contribution in [0.15, 0.2) is 42.0 Å². The summed E-state index contributed by atoms with van der Waals surface area (Å²) in [5.41, 5.74) is 0.631. The summed E-state index contributed by atoms with van der Waals surface area (Å²) < 4.78 is 31.5. The summed E-state index contributed by atoms with van der Waals surface area (Å²) in [6, 6.07) is 4.89. The molecule has 3 aromatic rings. The maximum absolute atomic E-state index is 13.4. The molecular weight excluding hydrogens is 296 g/mol. The Morgan fingerprint density at radius 3 is 2.71 bits per heavy atom. The van der Waals surface area contributed by atoms with Crippen LogP contribution >= 0.6 is 11.3 Å². The van der Waals surface area contributed by atoms with Gasteiger partial charge in [-0.25, -0.2) is 23.7 Å². The third-order valence-electron chi connectivity index (χ3n) is 2.58. The van der Waals surface area contributed by atoms with Gasteiger partial charge in [-0.2, -0.15) is 0 Å². The van der Waals surface area contributed by atoms with Crippen molar-refractivity contribution in [2.75, 3.05) is 0 Å². The van der Waals surface area contributed by atoms with Crippen LogP contribution in [0.3, 0.4) is 0 Å². The monoisotopic (exact) mass is 305 g/mol. The standard InChI is InChI=1S/C14H9F2N3OS/c15-9-2-3-12(11(16)6-9)20-7-10-8-21-14(19-10)13-17-4-1-5-18-13/h1-6,8H,7H2. The number of hydrogen-bond donors (Lipinski definition) is 0. The van der Waals surface area contributed by atoms with Crippen LogP contribution < -0.4 is 4.74 Å². The van der Waals surface area contributed by atoms with E-state index < -0.39 is 11.6 Å². The van der Waals surface area contributed by atoms with Gasteiger partial charge in [0.1, 0.15) is 12.4 Å². The maximum atomic E-state index is 13.4. The highest BCUT2D eigenvalue weighted by Crippen LogP contribution is 2.22. The molecule has 0 aliphatic rings. The Morgan fingerprint density at radius 1 is 1.14 bits per heavy atom. The number of aromatic nitrogens is 3. The van der Waals surface area contributed by atoms with Crippen LogP contribution in [0.5, 0.6) is 5.75 Å². The highest BCUT2D eigenvalue weighted by molar-refractivity contribution is 7.13. The van der Waals surface area contributed by atoms with Gasteiger partial charge in [0.2, 0.25) is 0 Å². The van der Waals surface area contributed by atoms with Gasteiger partial charge in [0.25, 0.3) is 0 Å². The van der Waals surface area contributed by atoms with Crippen molar-refractivity contribution in [3.05, 3.63) is 59.4 Å². The van der Waals surface area contributed by atoms with E-state index >= 15 is 0 Å². The molecule has 1 aromatic carbocycles. The minimum Gasteiger partial charge on any atom is -0.484 e. The maximum Gasteiger partial charge on any atom is 0.188 e. The lowest BCUT2D eigenvalue weighted by atomic mass is 10.3. The van der Waals surface area contributed by atoms with E-state index in [1.807, 2.05) is 0 Å². The van der Waals surface area contributed by atoms with Gasteiger partial charge in [0.15, 0.2) is 22.4 Å². The first kappa shape index (κ1) is 13.6. The Kier molecular flexibility index (Phi) is 3.83. The number of nitrogens with zero attached hydrogens (tertiary/aromatic N) is 3. The van der Waals surface area contributed by atoms with Gasteiger partial charge in [-0.05, 0) is 18.2 Å². The molecule has 0 radical (unpaired) electrons. The van der Waals surface area contributed by atoms with E-state index in [-0.39, 0.29) is 12.4 Å². The first-order valence-corrected chi connectivity index (χ1v) is 6.90. The van der Waals surface area contributed by atoms with Crippen molar-refractivity contribution in [1.82, 2.24) is 15.0 Å². The molecule has 0 amide bonds. The van der Waals surface area contributed by atoms with Crippen LogP contribution in [0.25, 0.3) is 10.8 Å². The quantitative estimate of drug-likeness (QED) is 0.740. The van der Waals surface area contributed by atoms with Crippen LogP contribution in [0, 0.1) is 11.6 Å². The lowest BCUT2D eigenvalue weighted by Gasteiger charge is -2.05. The van der Waals surface area contributed by atoms with Gasteiger partial charge >= 0.3 is 0 Å². The smallest absolute Gasteiger partial charge is 0.188 e.